The van der Waals surface area contributed by atoms with Crippen LogP contribution in [0, 0.1) is 0 Å². The van der Waals surface area contributed by atoms with Crippen LogP contribution in [-0.2, 0) is 11.2 Å². The molecule has 1 aromatic carbocycles. The number of pyridine rings is 1. The number of methoxy groups -OCH3 is 1. The van der Waals surface area contributed by atoms with Crippen LogP contribution in [0.5, 0.6) is 5.75 Å². The van der Waals surface area contributed by atoms with Crippen molar-refractivity contribution in [3.8, 4) is 5.75 Å². The van der Waals surface area contributed by atoms with Gasteiger partial charge in [0.2, 0.25) is 11.8 Å². The Balaban J connectivity index is 1.36. The highest BCUT2D eigenvalue weighted by Crippen LogP contribution is 2.40. The molecule has 1 aliphatic heterocycles. The van der Waals surface area contributed by atoms with E-state index in [-0.39, 0.29) is 17.7 Å². The number of likely N-dealkylation sites (tertiary alicyclic amines) is 1. The Morgan fingerprint density at radius 2 is 1.91 bits per heavy atom. The summed E-state index contributed by atoms with van der Waals surface area (Å²) in [6, 6.07) is 11.7. The Kier molecular flexibility index (Phi) is 5.88. The lowest BCUT2D eigenvalue weighted by Gasteiger charge is -2.16. The normalized spacial score (nSPS) is 21.2. The number of carbonyl (C=O) groups is 1. The first-order chi connectivity index (χ1) is 15.7. The number of carbonyl (C=O) groups excluding carboxylic acids is 1. The number of ether oxygens (including phenoxy) is 1. The van der Waals surface area contributed by atoms with Crippen LogP contribution in [0.4, 0.5) is 0 Å². The smallest absolute Gasteiger partial charge is 0.232 e. The van der Waals surface area contributed by atoms with Crippen molar-refractivity contribution in [3.63, 3.8) is 0 Å². The molecule has 0 spiro atoms. The SMILES string of the molecule is COc1ccc(CC(=O)N2CC(c3cccnc3)C(c3nc(C4CCCC4)no3)C2)cc1. The predicted molar refractivity (Wildman–Crippen MR) is 119 cm³/mol. The molecule has 3 heterocycles. The standard InChI is InChI=1S/C25H28N4O3/c1-31-20-10-8-17(9-11-20)13-23(30)29-15-21(19-7-4-12-26-14-19)22(16-29)25-27-24(28-32-25)18-5-2-3-6-18/h4,7-12,14,18,21-22H,2-3,5-6,13,15-16H2,1H3. The molecule has 0 N–H and O–H groups in total. The van der Waals surface area contributed by atoms with Crippen LogP contribution in [0.2, 0.25) is 0 Å². The van der Waals surface area contributed by atoms with Gasteiger partial charge in [0.15, 0.2) is 5.82 Å². The lowest BCUT2D eigenvalue weighted by atomic mass is 9.90. The van der Waals surface area contributed by atoms with Gasteiger partial charge in [-0.25, -0.2) is 0 Å². The molecule has 7 nitrogen and oxygen atoms in total. The number of benzene rings is 1. The van der Waals surface area contributed by atoms with Gasteiger partial charge in [0, 0.05) is 37.3 Å². The van der Waals surface area contributed by atoms with E-state index >= 15 is 0 Å². The zero-order chi connectivity index (χ0) is 21.9. The Morgan fingerprint density at radius 3 is 2.62 bits per heavy atom. The van der Waals surface area contributed by atoms with Crippen molar-refractivity contribution in [3.05, 3.63) is 71.6 Å². The zero-order valence-corrected chi connectivity index (χ0v) is 18.3. The topological polar surface area (TPSA) is 81.4 Å². The maximum Gasteiger partial charge on any atom is 0.232 e. The van der Waals surface area contributed by atoms with Crippen LogP contribution in [0.3, 0.4) is 0 Å². The van der Waals surface area contributed by atoms with Crippen LogP contribution in [-0.4, -0.2) is 46.1 Å². The number of hydrogen-bond donors (Lipinski definition) is 0. The molecule has 7 heteroatoms. The minimum Gasteiger partial charge on any atom is -0.497 e. The fraction of sp³-hybridized carbons (Fsp3) is 0.440. The lowest BCUT2D eigenvalue weighted by Crippen LogP contribution is -2.30. The first-order valence-electron chi connectivity index (χ1n) is 11.4. The van der Waals surface area contributed by atoms with Crippen LogP contribution in [0.15, 0.2) is 53.3 Å². The Morgan fingerprint density at radius 1 is 1.12 bits per heavy atom. The maximum atomic E-state index is 13.1. The second-order valence-electron chi connectivity index (χ2n) is 8.80. The van der Waals surface area contributed by atoms with Crippen LogP contribution in [0.1, 0.15) is 66.3 Å². The van der Waals surface area contributed by atoms with Crippen molar-refractivity contribution in [1.82, 2.24) is 20.0 Å². The molecular formula is C25H28N4O3. The fourth-order valence-electron chi connectivity index (χ4n) is 4.97. The summed E-state index contributed by atoms with van der Waals surface area (Å²) in [6.07, 6.45) is 8.71. The van der Waals surface area contributed by atoms with E-state index in [1.54, 1.807) is 13.3 Å². The second-order valence-corrected chi connectivity index (χ2v) is 8.80. The molecule has 1 amide bonds. The summed E-state index contributed by atoms with van der Waals surface area (Å²) in [7, 11) is 1.64. The largest absolute Gasteiger partial charge is 0.497 e. The molecule has 2 unspecified atom stereocenters. The van der Waals surface area contributed by atoms with Crippen LogP contribution < -0.4 is 4.74 Å². The number of hydrogen-bond acceptors (Lipinski definition) is 6. The van der Waals surface area contributed by atoms with Gasteiger partial charge in [-0.2, -0.15) is 4.98 Å². The van der Waals surface area contributed by atoms with Crippen molar-refractivity contribution >= 4 is 5.91 Å². The van der Waals surface area contributed by atoms with Crippen molar-refractivity contribution in [2.24, 2.45) is 0 Å². The van der Waals surface area contributed by atoms with E-state index in [1.807, 2.05) is 41.4 Å². The molecule has 0 radical (unpaired) electrons. The average molecular weight is 433 g/mol. The van der Waals surface area contributed by atoms with Gasteiger partial charge in [0.05, 0.1) is 19.4 Å². The summed E-state index contributed by atoms with van der Waals surface area (Å²) in [6.45, 7) is 1.19. The van der Waals surface area contributed by atoms with Gasteiger partial charge in [-0.15, -0.1) is 0 Å². The Bertz CT molecular complexity index is 1040. The molecule has 2 aromatic heterocycles. The van der Waals surface area contributed by atoms with Crippen LogP contribution in [0.25, 0.3) is 0 Å². The monoisotopic (exact) mass is 432 g/mol. The van der Waals surface area contributed by atoms with E-state index < -0.39 is 0 Å². The third kappa shape index (κ3) is 4.24. The molecule has 3 aromatic rings. The second kappa shape index (κ2) is 9.10. The molecule has 1 aliphatic carbocycles. The van der Waals surface area contributed by atoms with Crippen molar-refractivity contribution in [2.45, 2.75) is 49.9 Å². The van der Waals surface area contributed by atoms with E-state index in [1.165, 1.54) is 12.8 Å². The summed E-state index contributed by atoms with van der Waals surface area (Å²) in [5.74, 6) is 2.81. The molecule has 166 valence electrons. The van der Waals surface area contributed by atoms with Crippen molar-refractivity contribution in [2.75, 3.05) is 20.2 Å². The lowest BCUT2D eigenvalue weighted by molar-refractivity contribution is -0.129. The Labute approximate surface area is 187 Å². The van der Waals surface area contributed by atoms with Gasteiger partial charge < -0.3 is 14.2 Å². The highest BCUT2D eigenvalue weighted by molar-refractivity contribution is 5.79. The van der Waals surface area contributed by atoms with Crippen molar-refractivity contribution < 1.29 is 14.1 Å². The summed E-state index contributed by atoms with van der Waals surface area (Å²) in [4.78, 5) is 24.2. The molecular weight excluding hydrogens is 404 g/mol. The number of amides is 1. The third-order valence-electron chi connectivity index (χ3n) is 6.79. The first kappa shape index (κ1) is 20.7. The van der Waals surface area contributed by atoms with E-state index in [0.717, 1.165) is 35.5 Å². The van der Waals surface area contributed by atoms with Crippen molar-refractivity contribution in [1.29, 1.82) is 0 Å². The van der Waals surface area contributed by atoms with E-state index in [4.69, 9.17) is 14.2 Å². The van der Waals surface area contributed by atoms with Gasteiger partial charge in [-0.05, 0) is 42.2 Å². The highest BCUT2D eigenvalue weighted by atomic mass is 16.5. The molecule has 2 atom stereocenters. The summed E-state index contributed by atoms with van der Waals surface area (Å²) in [5, 5.41) is 4.31. The Hall–Kier alpha value is -3.22. The van der Waals surface area contributed by atoms with Gasteiger partial charge >= 0.3 is 0 Å². The van der Waals surface area contributed by atoms with Gasteiger partial charge in [0.1, 0.15) is 5.75 Å². The number of aromatic nitrogens is 3. The van der Waals surface area contributed by atoms with Gasteiger partial charge in [-0.3, -0.25) is 9.78 Å². The van der Waals surface area contributed by atoms with Crippen LogP contribution >= 0.6 is 0 Å². The summed E-state index contributed by atoms with van der Waals surface area (Å²) < 4.78 is 11.0. The molecule has 1 saturated carbocycles. The van der Waals surface area contributed by atoms with Gasteiger partial charge in [0.25, 0.3) is 0 Å². The molecule has 2 fully saturated rings. The molecule has 32 heavy (non-hydrogen) atoms. The average Bonchev–Trinajstić information content (AvgIpc) is 3.60. The number of rotatable bonds is 6. The first-order valence-corrected chi connectivity index (χ1v) is 11.4. The van der Waals surface area contributed by atoms with E-state index in [9.17, 15) is 4.79 Å². The van der Waals surface area contributed by atoms with Gasteiger partial charge in [-0.1, -0.05) is 36.2 Å². The molecule has 2 aliphatic rings. The van der Waals surface area contributed by atoms with E-state index in [0.29, 0.717) is 31.3 Å². The van der Waals surface area contributed by atoms with E-state index in [2.05, 4.69) is 16.2 Å². The quantitative estimate of drug-likeness (QED) is 0.584. The summed E-state index contributed by atoms with van der Waals surface area (Å²) >= 11 is 0. The summed E-state index contributed by atoms with van der Waals surface area (Å²) in [5.41, 5.74) is 2.07. The molecule has 0 bridgehead atoms. The minimum atomic E-state index is -0.0262. The molecule has 5 rings (SSSR count). The fourth-order valence-corrected chi connectivity index (χ4v) is 4.97. The third-order valence-corrected chi connectivity index (χ3v) is 6.79. The molecule has 1 saturated heterocycles. The predicted octanol–water partition coefficient (Wildman–Crippen LogP) is 4.08. The zero-order valence-electron chi connectivity index (χ0n) is 18.3. The minimum absolute atomic E-state index is 0.0262. The maximum absolute atomic E-state index is 13.1. The highest BCUT2D eigenvalue weighted by Gasteiger charge is 2.40. The number of nitrogens with zero attached hydrogens (tertiary/aromatic N) is 4.